The summed E-state index contributed by atoms with van der Waals surface area (Å²) in [5.41, 5.74) is 1.34. The summed E-state index contributed by atoms with van der Waals surface area (Å²) < 4.78 is 10.9. The van der Waals surface area contributed by atoms with E-state index < -0.39 is 13.2 Å². The number of esters is 1. The largest absolute Gasteiger partial charge is 1.00 e. The summed E-state index contributed by atoms with van der Waals surface area (Å²) in [6.45, 7) is 4.39. The summed E-state index contributed by atoms with van der Waals surface area (Å²) in [7, 11) is -2.10. The molecule has 6 heteroatoms. The van der Waals surface area contributed by atoms with E-state index in [-0.39, 0.29) is 17.0 Å². The molecule has 1 heterocycles. The smallest absolute Gasteiger partial charge is 0.343 e. The van der Waals surface area contributed by atoms with Crippen molar-refractivity contribution in [2.45, 2.75) is 20.0 Å². The van der Waals surface area contributed by atoms with Crippen LogP contribution in [0.1, 0.15) is 29.8 Å². The topological polar surface area (TPSA) is 48.4 Å². The molecule has 0 radical (unpaired) electrons. The van der Waals surface area contributed by atoms with Gasteiger partial charge >= 0.3 is 5.97 Å². The average Bonchev–Trinajstić information content (AvgIpc) is 2.90. The molecule has 0 spiro atoms. The molecule has 4 aromatic rings. The van der Waals surface area contributed by atoms with Crippen LogP contribution in [0.3, 0.4) is 0 Å². The van der Waals surface area contributed by atoms with Gasteiger partial charge in [-0.25, -0.2) is 9.78 Å². The molecular weight excluding hydrogens is 521 g/mol. The van der Waals surface area contributed by atoms with E-state index in [4.69, 9.17) is 9.47 Å². The van der Waals surface area contributed by atoms with Crippen molar-refractivity contribution >= 4 is 29.1 Å². The summed E-state index contributed by atoms with van der Waals surface area (Å²) in [4.78, 5) is 17.3. The van der Waals surface area contributed by atoms with Gasteiger partial charge in [-0.3, -0.25) is 0 Å². The van der Waals surface area contributed by atoms with E-state index in [9.17, 15) is 4.79 Å². The third-order valence-corrected chi connectivity index (χ3v) is 10.1. The Hall–Kier alpha value is -3.01. The first-order valence-corrected chi connectivity index (χ1v) is 13.5. The first-order valence-electron chi connectivity index (χ1n) is 11.5. The molecule has 0 saturated carbocycles. The SMILES string of the molecule is CCOC(=O)c1cc(C[P+](c2ccccc2)(c2ccccc2)c2ccccc2)cnc1OCC.[Br-]. The number of aromatic nitrogens is 1. The van der Waals surface area contributed by atoms with Crippen molar-refractivity contribution in [2.24, 2.45) is 0 Å². The van der Waals surface area contributed by atoms with E-state index in [0.717, 1.165) is 11.7 Å². The lowest BCUT2D eigenvalue weighted by Crippen LogP contribution is -3.00. The predicted molar refractivity (Wildman–Crippen MR) is 140 cm³/mol. The molecule has 0 aliphatic heterocycles. The third kappa shape index (κ3) is 5.80. The molecule has 0 atom stereocenters. The van der Waals surface area contributed by atoms with Crippen LogP contribution in [0.5, 0.6) is 5.88 Å². The van der Waals surface area contributed by atoms with Gasteiger partial charge in [-0.05, 0) is 56.3 Å². The Morgan fingerprint density at radius 2 is 1.26 bits per heavy atom. The molecule has 0 N–H and O–H groups in total. The molecule has 4 nitrogen and oxygen atoms in total. The number of carbonyl (C=O) groups is 1. The molecule has 180 valence electrons. The molecule has 3 aromatic carbocycles. The second-order valence-electron chi connectivity index (χ2n) is 7.82. The van der Waals surface area contributed by atoms with Gasteiger partial charge in [0.15, 0.2) is 0 Å². The third-order valence-electron chi connectivity index (χ3n) is 5.69. The standard InChI is InChI=1S/C29H29NO3P.BrH/c1-3-32-28-27(29(31)33-4-2)20-23(21-30-28)22-34(24-14-8-5-9-15-24,25-16-10-6-11-17-25)26-18-12-7-13-19-26;/h5-21H,3-4,22H2,1-2H3;1H/q+1;/p-1. The first-order chi connectivity index (χ1) is 16.7. The highest BCUT2D eigenvalue weighted by atomic mass is 79.9. The summed E-state index contributed by atoms with van der Waals surface area (Å²) in [5, 5.41) is 3.83. The molecule has 0 bridgehead atoms. The van der Waals surface area contributed by atoms with E-state index in [0.29, 0.717) is 24.7 Å². The molecule has 0 saturated heterocycles. The monoisotopic (exact) mass is 549 g/mol. The Labute approximate surface area is 218 Å². The Balaban J connectivity index is 0.00000342. The Kier molecular flexibility index (Phi) is 9.59. The second-order valence-corrected chi connectivity index (χ2v) is 11.3. The van der Waals surface area contributed by atoms with Gasteiger partial charge in [-0.2, -0.15) is 0 Å². The molecular formula is C29H29BrNO3P. The maximum atomic E-state index is 12.7. The number of ether oxygens (including phenoxy) is 2. The number of benzene rings is 3. The van der Waals surface area contributed by atoms with Gasteiger partial charge in [0.1, 0.15) is 28.7 Å². The number of pyridine rings is 1. The van der Waals surface area contributed by atoms with E-state index >= 15 is 0 Å². The maximum absolute atomic E-state index is 12.7. The lowest BCUT2D eigenvalue weighted by atomic mass is 10.2. The van der Waals surface area contributed by atoms with Crippen LogP contribution in [0.4, 0.5) is 0 Å². The highest BCUT2D eigenvalue weighted by molar-refractivity contribution is 7.95. The Morgan fingerprint density at radius 3 is 1.69 bits per heavy atom. The fourth-order valence-electron chi connectivity index (χ4n) is 4.23. The molecule has 0 aliphatic carbocycles. The highest BCUT2D eigenvalue weighted by Crippen LogP contribution is 2.58. The lowest BCUT2D eigenvalue weighted by molar-refractivity contribution is -0.0000263. The van der Waals surface area contributed by atoms with E-state index in [1.807, 2.05) is 37.4 Å². The van der Waals surface area contributed by atoms with Crippen LogP contribution in [0.25, 0.3) is 0 Å². The van der Waals surface area contributed by atoms with Crippen LogP contribution in [0.2, 0.25) is 0 Å². The van der Waals surface area contributed by atoms with Gasteiger partial charge in [0.25, 0.3) is 0 Å². The van der Waals surface area contributed by atoms with Crippen LogP contribution in [0.15, 0.2) is 103 Å². The van der Waals surface area contributed by atoms with Crippen molar-refractivity contribution in [3.8, 4) is 5.88 Å². The minimum atomic E-state index is -2.10. The summed E-state index contributed by atoms with van der Waals surface area (Å²) in [6, 6.07) is 33.9. The zero-order valence-corrected chi connectivity index (χ0v) is 22.4. The van der Waals surface area contributed by atoms with Crippen molar-refractivity contribution in [2.75, 3.05) is 13.2 Å². The van der Waals surface area contributed by atoms with Gasteiger partial charge in [0.05, 0.1) is 19.4 Å². The van der Waals surface area contributed by atoms with Gasteiger partial charge in [0.2, 0.25) is 5.88 Å². The molecule has 0 fully saturated rings. The van der Waals surface area contributed by atoms with Crippen molar-refractivity contribution < 1.29 is 31.2 Å². The minimum absolute atomic E-state index is 0. The quantitative estimate of drug-likeness (QED) is 0.237. The second kappa shape index (κ2) is 12.6. The van der Waals surface area contributed by atoms with Crippen LogP contribution < -0.4 is 37.6 Å². The summed E-state index contributed by atoms with van der Waals surface area (Å²) >= 11 is 0. The first kappa shape index (κ1) is 26.6. The number of hydrogen-bond acceptors (Lipinski definition) is 4. The van der Waals surface area contributed by atoms with Crippen molar-refractivity contribution in [3.05, 3.63) is 114 Å². The fourth-order valence-corrected chi connectivity index (χ4v) is 8.44. The molecule has 0 amide bonds. The van der Waals surface area contributed by atoms with E-state index in [2.05, 4.69) is 77.8 Å². The molecule has 0 unspecified atom stereocenters. The average molecular weight is 550 g/mol. The minimum Gasteiger partial charge on any atom is -1.00 e. The van der Waals surface area contributed by atoms with Crippen LogP contribution in [-0.4, -0.2) is 24.2 Å². The molecule has 0 aliphatic rings. The Bertz CT molecular complexity index is 1120. The lowest BCUT2D eigenvalue weighted by Gasteiger charge is -2.28. The highest BCUT2D eigenvalue weighted by Gasteiger charge is 2.45. The molecule has 35 heavy (non-hydrogen) atoms. The number of carbonyl (C=O) groups excluding carboxylic acids is 1. The van der Waals surface area contributed by atoms with Crippen molar-refractivity contribution in [1.82, 2.24) is 4.98 Å². The Morgan fingerprint density at radius 1 is 0.771 bits per heavy atom. The number of halogens is 1. The number of hydrogen-bond donors (Lipinski definition) is 0. The fraction of sp³-hybridized carbons (Fsp3) is 0.172. The number of nitrogens with zero attached hydrogens (tertiary/aromatic N) is 1. The normalized spacial score (nSPS) is 10.8. The van der Waals surface area contributed by atoms with Gasteiger partial charge in [-0.1, -0.05) is 54.6 Å². The zero-order valence-electron chi connectivity index (χ0n) is 19.9. The zero-order chi connectivity index (χ0) is 23.8. The number of rotatable bonds is 9. The predicted octanol–water partition coefficient (Wildman–Crippen LogP) is 2.16. The van der Waals surface area contributed by atoms with Crippen LogP contribution in [0, 0.1) is 0 Å². The summed E-state index contributed by atoms with van der Waals surface area (Å²) in [5.74, 6) is -0.101. The van der Waals surface area contributed by atoms with Gasteiger partial charge < -0.3 is 26.5 Å². The summed E-state index contributed by atoms with van der Waals surface area (Å²) in [6.07, 6.45) is 2.55. The van der Waals surface area contributed by atoms with Gasteiger partial charge in [-0.15, -0.1) is 0 Å². The van der Waals surface area contributed by atoms with Crippen molar-refractivity contribution in [3.63, 3.8) is 0 Å². The van der Waals surface area contributed by atoms with E-state index in [1.165, 1.54) is 15.9 Å². The van der Waals surface area contributed by atoms with Crippen LogP contribution >= 0.6 is 7.26 Å². The molecule has 4 rings (SSSR count). The van der Waals surface area contributed by atoms with Crippen LogP contribution in [-0.2, 0) is 10.9 Å². The van der Waals surface area contributed by atoms with E-state index in [1.54, 1.807) is 6.92 Å². The van der Waals surface area contributed by atoms with Crippen molar-refractivity contribution in [1.29, 1.82) is 0 Å². The molecule has 1 aromatic heterocycles. The van der Waals surface area contributed by atoms with Gasteiger partial charge in [0, 0.05) is 11.8 Å². The maximum Gasteiger partial charge on any atom is 0.343 e.